The van der Waals surface area contributed by atoms with E-state index in [1.54, 1.807) is 35.2 Å². The molecule has 2 aromatic rings. The van der Waals surface area contributed by atoms with Gasteiger partial charge in [-0.15, -0.1) is 0 Å². The molecule has 2 amide bonds. The van der Waals surface area contributed by atoms with Crippen molar-refractivity contribution in [1.82, 2.24) is 4.90 Å². The van der Waals surface area contributed by atoms with Crippen LogP contribution in [-0.4, -0.2) is 40.5 Å². The Morgan fingerprint density at radius 3 is 2.76 bits per heavy atom. The molecule has 0 saturated carbocycles. The van der Waals surface area contributed by atoms with Crippen LogP contribution in [0.4, 0.5) is 11.4 Å². The fourth-order valence-electron chi connectivity index (χ4n) is 2.97. The second-order valence-corrected chi connectivity index (χ2v) is 8.46. The van der Waals surface area contributed by atoms with Gasteiger partial charge in [-0.3, -0.25) is 14.5 Å². The Labute approximate surface area is 180 Å². The van der Waals surface area contributed by atoms with Crippen LogP contribution in [0.3, 0.4) is 0 Å². The van der Waals surface area contributed by atoms with Crippen LogP contribution in [0.15, 0.2) is 51.9 Å². The number of hydrogen-bond acceptors (Lipinski definition) is 6. The van der Waals surface area contributed by atoms with Crippen molar-refractivity contribution in [1.29, 1.82) is 0 Å². The van der Waals surface area contributed by atoms with Gasteiger partial charge in [0, 0.05) is 29.2 Å². The molecule has 0 bridgehead atoms. The van der Waals surface area contributed by atoms with E-state index in [2.05, 4.69) is 26.2 Å². The number of amides is 2. The zero-order chi connectivity index (χ0) is 20.4. The summed E-state index contributed by atoms with van der Waals surface area (Å²) >= 11 is 4.66. The maximum Gasteiger partial charge on any atom is 0.238 e. The summed E-state index contributed by atoms with van der Waals surface area (Å²) in [5.41, 5.74) is 1.32. The van der Waals surface area contributed by atoms with Crippen LogP contribution in [0.2, 0.25) is 0 Å². The van der Waals surface area contributed by atoms with Crippen molar-refractivity contribution in [2.45, 2.75) is 18.6 Å². The quantitative estimate of drug-likeness (QED) is 0.717. The number of anilines is 1. The summed E-state index contributed by atoms with van der Waals surface area (Å²) in [4.78, 5) is 31.6. The van der Waals surface area contributed by atoms with E-state index in [9.17, 15) is 9.59 Å². The zero-order valence-corrected chi connectivity index (χ0v) is 18.0. The van der Waals surface area contributed by atoms with Gasteiger partial charge in [-0.05, 0) is 43.3 Å². The fourth-order valence-corrected chi connectivity index (χ4v) is 4.40. The van der Waals surface area contributed by atoms with E-state index in [1.807, 2.05) is 19.1 Å². The van der Waals surface area contributed by atoms with E-state index < -0.39 is 5.25 Å². The Balaban J connectivity index is 1.55. The molecule has 2 aromatic carbocycles. The normalized spacial score (nSPS) is 19.5. The van der Waals surface area contributed by atoms with Gasteiger partial charge < -0.3 is 14.8 Å². The van der Waals surface area contributed by atoms with Gasteiger partial charge in [-0.25, -0.2) is 4.99 Å². The maximum absolute atomic E-state index is 12.7. The van der Waals surface area contributed by atoms with Crippen molar-refractivity contribution < 1.29 is 19.1 Å². The number of hydrogen-bond donors (Lipinski definition) is 1. The molecule has 1 atom stereocenters. The molecule has 7 nitrogen and oxygen atoms in total. The molecule has 1 N–H and O–H groups in total. The lowest BCUT2D eigenvalue weighted by Crippen LogP contribution is -2.45. The second kappa shape index (κ2) is 8.46. The molecule has 29 heavy (non-hydrogen) atoms. The average Bonchev–Trinajstić information content (AvgIpc) is 3.17. The number of carbonyl (C=O) groups excluding carboxylic acids is 2. The lowest BCUT2D eigenvalue weighted by atomic mass is 10.2. The number of halogens is 1. The third-order valence-corrected chi connectivity index (χ3v) is 6.16. The molecular formula is C20H18BrN3O4S. The third kappa shape index (κ3) is 4.40. The van der Waals surface area contributed by atoms with Crippen molar-refractivity contribution >= 4 is 56.0 Å². The van der Waals surface area contributed by atoms with Crippen LogP contribution in [-0.2, 0) is 9.59 Å². The molecule has 0 aliphatic carbocycles. The standard InChI is InChI=1S/C20H18BrN3O4S/c1-2-24-18(25)10-17(19(26)22-13-5-3-12(21)4-6-13)29-20(24)23-14-7-8-15-16(9-14)28-11-27-15/h3-9,17H,2,10-11H2,1H3,(H,22,26)/t17-/m0/s1. The van der Waals surface area contributed by atoms with E-state index in [0.29, 0.717) is 34.6 Å². The molecular weight excluding hydrogens is 458 g/mol. The van der Waals surface area contributed by atoms with E-state index in [0.717, 1.165) is 4.47 Å². The molecule has 0 unspecified atom stereocenters. The lowest BCUT2D eigenvalue weighted by molar-refractivity contribution is -0.129. The van der Waals surface area contributed by atoms with Gasteiger partial charge in [0.25, 0.3) is 0 Å². The van der Waals surface area contributed by atoms with E-state index in [1.165, 1.54) is 11.8 Å². The minimum absolute atomic E-state index is 0.123. The minimum atomic E-state index is -0.554. The maximum atomic E-state index is 12.7. The highest BCUT2D eigenvalue weighted by molar-refractivity contribution is 9.10. The predicted octanol–water partition coefficient (Wildman–Crippen LogP) is 4.16. The topological polar surface area (TPSA) is 80.2 Å². The highest BCUT2D eigenvalue weighted by Gasteiger charge is 2.35. The molecule has 0 radical (unpaired) electrons. The molecule has 150 valence electrons. The molecule has 2 heterocycles. The van der Waals surface area contributed by atoms with Crippen LogP contribution in [0.1, 0.15) is 13.3 Å². The molecule has 1 saturated heterocycles. The van der Waals surface area contributed by atoms with Crippen LogP contribution in [0.5, 0.6) is 11.5 Å². The summed E-state index contributed by atoms with van der Waals surface area (Å²) in [6.45, 7) is 2.55. The molecule has 9 heteroatoms. The van der Waals surface area contributed by atoms with Crippen LogP contribution >= 0.6 is 27.7 Å². The van der Waals surface area contributed by atoms with Crippen molar-refractivity contribution in [3.63, 3.8) is 0 Å². The monoisotopic (exact) mass is 475 g/mol. The van der Waals surface area contributed by atoms with E-state index >= 15 is 0 Å². The molecule has 0 spiro atoms. The van der Waals surface area contributed by atoms with Crippen molar-refractivity contribution in [3.05, 3.63) is 46.9 Å². The van der Waals surface area contributed by atoms with Crippen molar-refractivity contribution in [3.8, 4) is 11.5 Å². The van der Waals surface area contributed by atoms with Gasteiger partial charge >= 0.3 is 0 Å². The number of ether oxygens (including phenoxy) is 2. The number of thioether (sulfide) groups is 1. The van der Waals surface area contributed by atoms with Gasteiger partial charge in [-0.2, -0.15) is 0 Å². The Morgan fingerprint density at radius 2 is 2.00 bits per heavy atom. The average molecular weight is 476 g/mol. The number of aliphatic imine (C=N–C) groups is 1. The number of rotatable bonds is 4. The number of benzene rings is 2. The van der Waals surface area contributed by atoms with Crippen LogP contribution < -0.4 is 14.8 Å². The summed E-state index contributed by atoms with van der Waals surface area (Å²) in [6.07, 6.45) is 0.126. The Bertz CT molecular complexity index is 980. The van der Waals surface area contributed by atoms with Gasteiger partial charge in [-0.1, -0.05) is 27.7 Å². The number of amidine groups is 1. The molecule has 4 rings (SSSR count). The first kappa shape index (κ1) is 19.8. The molecule has 0 aromatic heterocycles. The Kier molecular flexibility index (Phi) is 5.77. The summed E-state index contributed by atoms with van der Waals surface area (Å²) < 4.78 is 11.6. The largest absolute Gasteiger partial charge is 0.454 e. The number of nitrogens with zero attached hydrogens (tertiary/aromatic N) is 2. The third-order valence-electron chi connectivity index (χ3n) is 4.44. The predicted molar refractivity (Wildman–Crippen MR) is 116 cm³/mol. The first-order valence-electron chi connectivity index (χ1n) is 9.05. The van der Waals surface area contributed by atoms with Crippen molar-refractivity contribution in [2.24, 2.45) is 4.99 Å². The highest BCUT2D eigenvalue weighted by Crippen LogP contribution is 2.36. The smallest absolute Gasteiger partial charge is 0.238 e. The number of fused-ring (bicyclic) bond motifs is 1. The van der Waals surface area contributed by atoms with E-state index in [4.69, 9.17) is 9.47 Å². The zero-order valence-electron chi connectivity index (χ0n) is 15.6. The van der Waals surface area contributed by atoms with Crippen molar-refractivity contribution in [2.75, 3.05) is 18.7 Å². The summed E-state index contributed by atoms with van der Waals surface area (Å²) in [6, 6.07) is 12.6. The molecule has 2 aliphatic rings. The van der Waals surface area contributed by atoms with Gasteiger partial charge in [0.1, 0.15) is 5.25 Å². The highest BCUT2D eigenvalue weighted by atomic mass is 79.9. The Morgan fingerprint density at radius 1 is 1.24 bits per heavy atom. The van der Waals surface area contributed by atoms with Gasteiger partial charge in [0.15, 0.2) is 16.7 Å². The number of nitrogens with one attached hydrogen (secondary N) is 1. The number of carbonyl (C=O) groups is 2. The van der Waals surface area contributed by atoms with Crippen LogP contribution in [0.25, 0.3) is 0 Å². The second-order valence-electron chi connectivity index (χ2n) is 6.38. The summed E-state index contributed by atoms with van der Waals surface area (Å²) in [5.74, 6) is 0.938. The Hall–Kier alpha value is -2.52. The van der Waals surface area contributed by atoms with Gasteiger partial charge in [0.05, 0.1) is 5.69 Å². The molecule has 2 aliphatic heterocycles. The summed E-state index contributed by atoms with van der Waals surface area (Å²) in [7, 11) is 0. The molecule has 1 fully saturated rings. The summed E-state index contributed by atoms with van der Waals surface area (Å²) in [5, 5.41) is 2.81. The van der Waals surface area contributed by atoms with Crippen LogP contribution in [0, 0.1) is 0 Å². The fraction of sp³-hybridized carbons (Fsp3) is 0.250. The SMILES string of the molecule is CCN1C(=O)C[C@@H](C(=O)Nc2ccc(Br)cc2)SC1=Nc1ccc2c(c1)OCO2. The first-order chi connectivity index (χ1) is 14.0. The first-order valence-corrected chi connectivity index (χ1v) is 10.7. The minimum Gasteiger partial charge on any atom is -0.454 e. The van der Waals surface area contributed by atoms with E-state index in [-0.39, 0.29) is 25.0 Å². The van der Waals surface area contributed by atoms with Gasteiger partial charge in [0.2, 0.25) is 18.6 Å². The lowest BCUT2D eigenvalue weighted by Gasteiger charge is -2.30.